The molecule has 0 saturated heterocycles. The minimum atomic E-state index is -0.0818. The van der Waals surface area contributed by atoms with Gasteiger partial charge in [-0.05, 0) is 13.0 Å². The van der Waals surface area contributed by atoms with Crippen LogP contribution < -0.4 is 5.32 Å². The van der Waals surface area contributed by atoms with Crippen molar-refractivity contribution in [1.29, 1.82) is 0 Å². The Hall–Kier alpha value is -1.53. The summed E-state index contributed by atoms with van der Waals surface area (Å²) in [6, 6.07) is 8.11. The molecule has 1 amide bonds. The van der Waals surface area contributed by atoms with Gasteiger partial charge in [0, 0.05) is 21.6 Å². The molecule has 2 aliphatic rings. The Morgan fingerprint density at radius 1 is 1.42 bits per heavy atom. The highest BCUT2D eigenvalue weighted by molar-refractivity contribution is 8.00. The number of amides is 1. The average molecular weight is 289 g/mol. The number of carbonyl (C=O) groups is 1. The molecule has 0 saturated carbocycles. The molecule has 0 spiro atoms. The predicted molar refractivity (Wildman–Crippen MR) is 81.0 cm³/mol. The summed E-state index contributed by atoms with van der Waals surface area (Å²) in [6.45, 7) is 1.96. The zero-order chi connectivity index (χ0) is 13.0. The third-order valence-electron chi connectivity index (χ3n) is 3.22. The van der Waals surface area contributed by atoms with Crippen molar-refractivity contribution in [2.45, 2.75) is 12.4 Å². The number of nitrogens with zero attached hydrogens (tertiary/aromatic N) is 2. The van der Waals surface area contributed by atoms with Crippen LogP contribution in [0, 0.1) is 0 Å². The number of carbonyl (C=O) groups excluding carboxylic acids is 1. The van der Waals surface area contributed by atoms with E-state index in [0.717, 1.165) is 32.1 Å². The van der Waals surface area contributed by atoms with Crippen LogP contribution in [0.15, 0.2) is 29.4 Å². The molecule has 0 radical (unpaired) electrons. The molecule has 0 aliphatic carbocycles. The average Bonchev–Trinajstić information content (AvgIpc) is 2.79. The molecule has 3 heterocycles. The summed E-state index contributed by atoms with van der Waals surface area (Å²) in [4.78, 5) is 13.3. The molecule has 2 aliphatic heterocycles. The number of thioether (sulfide) groups is 1. The number of rotatable bonds is 0. The summed E-state index contributed by atoms with van der Waals surface area (Å²) in [5.74, 6) is 0.866. The van der Waals surface area contributed by atoms with E-state index >= 15 is 0 Å². The fraction of sp³-hybridized carbons (Fsp3) is 0.231. The number of hydrazone groups is 1. The first-order valence-corrected chi connectivity index (χ1v) is 7.88. The quantitative estimate of drug-likeness (QED) is 0.810. The highest BCUT2D eigenvalue weighted by Crippen LogP contribution is 2.42. The Morgan fingerprint density at radius 3 is 3.16 bits per heavy atom. The van der Waals surface area contributed by atoms with E-state index in [9.17, 15) is 4.79 Å². The van der Waals surface area contributed by atoms with Gasteiger partial charge in [0.05, 0.1) is 5.69 Å². The summed E-state index contributed by atoms with van der Waals surface area (Å²) in [6.07, 6.45) is 0. The topological polar surface area (TPSA) is 44.7 Å². The van der Waals surface area contributed by atoms with Gasteiger partial charge in [-0.3, -0.25) is 4.79 Å². The normalized spacial score (nSPS) is 21.7. The van der Waals surface area contributed by atoms with Gasteiger partial charge in [0.1, 0.15) is 4.88 Å². The van der Waals surface area contributed by atoms with Crippen LogP contribution in [0.2, 0.25) is 0 Å². The van der Waals surface area contributed by atoms with Gasteiger partial charge in [-0.1, -0.05) is 18.2 Å². The monoisotopic (exact) mass is 289 g/mol. The minimum absolute atomic E-state index is 0.00602. The number of thiophene rings is 1. The summed E-state index contributed by atoms with van der Waals surface area (Å²) in [5.41, 5.74) is 1.87. The first-order valence-electron chi connectivity index (χ1n) is 6.01. The van der Waals surface area contributed by atoms with E-state index in [1.807, 2.05) is 25.1 Å². The molecule has 2 aromatic rings. The van der Waals surface area contributed by atoms with Gasteiger partial charge in [0.2, 0.25) is 0 Å². The van der Waals surface area contributed by atoms with Crippen LogP contribution >= 0.6 is 23.1 Å². The smallest absolute Gasteiger partial charge is 0.288 e. The van der Waals surface area contributed by atoms with E-state index in [0.29, 0.717) is 0 Å². The van der Waals surface area contributed by atoms with Gasteiger partial charge in [-0.15, -0.1) is 23.1 Å². The second-order valence-corrected chi connectivity index (χ2v) is 6.72. The van der Waals surface area contributed by atoms with Crippen molar-refractivity contribution in [1.82, 2.24) is 5.01 Å². The molecule has 1 aromatic carbocycles. The number of fused-ring (bicyclic) bond motifs is 4. The highest BCUT2D eigenvalue weighted by atomic mass is 32.2. The van der Waals surface area contributed by atoms with Crippen molar-refractivity contribution in [3.63, 3.8) is 0 Å². The minimum Gasteiger partial charge on any atom is -0.353 e. The van der Waals surface area contributed by atoms with Crippen LogP contribution in [-0.4, -0.2) is 27.9 Å². The van der Waals surface area contributed by atoms with E-state index in [4.69, 9.17) is 0 Å². The second kappa shape index (κ2) is 3.98. The molecule has 0 bridgehead atoms. The Labute approximate surface area is 118 Å². The zero-order valence-electron chi connectivity index (χ0n) is 10.2. The molecule has 1 atom stereocenters. The lowest BCUT2D eigenvalue weighted by atomic mass is 10.2. The van der Waals surface area contributed by atoms with E-state index < -0.39 is 0 Å². The third kappa shape index (κ3) is 1.60. The molecular weight excluding hydrogens is 278 g/mol. The Morgan fingerprint density at radius 2 is 2.26 bits per heavy atom. The summed E-state index contributed by atoms with van der Waals surface area (Å²) < 4.78 is 1.14. The molecule has 4 rings (SSSR count). The SMILES string of the molecule is CC1=NN2C(=O)c3sc4ccccc4c3NC2SC1. The van der Waals surface area contributed by atoms with Crippen molar-refractivity contribution in [3.05, 3.63) is 29.1 Å². The molecule has 1 aromatic heterocycles. The van der Waals surface area contributed by atoms with Gasteiger partial charge in [0.25, 0.3) is 5.91 Å². The number of hydrogen-bond acceptors (Lipinski definition) is 5. The maximum Gasteiger partial charge on any atom is 0.288 e. The molecule has 19 heavy (non-hydrogen) atoms. The number of hydrogen-bond donors (Lipinski definition) is 1. The lowest BCUT2D eigenvalue weighted by Crippen LogP contribution is -2.46. The van der Waals surface area contributed by atoms with Crippen LogP contribution in [0.4, 0.5) is 5.69 Å². The lowest BCUT2D eigenvalue weighted by Gasteiger charge is -2.35. The summed E-state index contributed by atoms with van der Waals surface area (Å²) >= 11 is 3.23. The van der Waals surface area contributed by atoms with Crippen LogP contribution in [0.1, 0.15) is 16.6 Å². The lowest BCUT2D eigenvalue weighted by molar-refractivity contribution is 0.0749. The molecule has 4 nitrogen and oxygen atoms in total. The number of anilines is 1. The second-order valence-electron chi connectivity index (χ2n) is 4.60. The van der Waals surface area contributed by atoms with Crippen LogP contribution in [0.3, 0.4) is 0 Å². The molecule has 96 valence electrons. The Kier molecular flexibility index (Phi) is 2.37. The predicted octanol–water partition coefficient (Wildman–Crippen LogP) is 3.18. The van der Waals surface area contributed by atoms with Crippen LogP contribution in [-0.2, 0) is 0 Å². The van der Waals surface area contributed by atoms with Crippen molar-refractivity contribution in [3.8, 4) is 0 Å². The van der Waals surface area contributed by atoms with Gasteiger partial charge < -0.3 is 5.32 Å². The Balaban J connectivity index is 1.91. The molecule has 0 fully saturated rings. The van der Waals surface area contributed by atoms with Gasteiger partial charge in [-0.2, -0.15) is 10.1 Å². The van der Waals surface area contributed by atoms with Crippen molar-refractivity contribution < 1.29 is 4.79 Å². The van der Waals surface area contributed by atoms with Gasteiger partial charge in [0.15, 0.2) is 5.50 Å². The largest absolute Gasteiger partial charge is 0.353 e. The fourth-order valence-electron chi connectivity index (χ4n) is 2.36. The van der Waals surface area contributed by atoms with Crippen molar-refractivity contribution in [2.75, 3.05) is 11.1 Å². The first-order chi connectivity index (χ1) is 9.24. The highest BCUT2D eigenvalue weighted by Gasteiger charge is 2.37. The third-order valence-corrected chi connectivity index (χ3v) is 5.59. The first kappa shape index (κ1) is 11.3. The van der Waals surface area contributed by atoms with Crippen LogP contribution in [0.25, 0.3) is 10.1 Å². The van der Waals surface area contributed by atoms with Crippen LogP contribution in [0.5, 0.6) is 0 Å². The number of nitrogens with one attached hydrogen (secondary N) is 1. The number of benzene rings is 1. The van der Waals surface area contributed by atoms with Crippen molar-refractivity contribution >= 4 is 50.5 Å². The zero-order valence-corrected chi connectivity index (χ0v) is 11.8. The summed E-state index contributed by atoms with van der Waals surface area (Å²) in [5, 5.41) is 10.5. The van der Waals surface area contributed by atoms with E-state index in [1.54, 1.807) is 16.8 Å². The van der Waals surface area contributed by atoms with E-state index in [1.165, 1.54) is 11.3 Å². The fourth-order valence-corrected chi connectivity index (χ4v) is 4.40. The molecule has 1 N–H and O–H groups in total. The summed E-state index contributed by atoms with van der Waals surface area (Å²) in [7, 11) is 0. The molecule has 6 heteroatoms. The van der Waals surface area contributed by atoms with Gasteiger partial charge >= 0.3 is 0 Å². The van der Waals surface area contributed by atoms with Gasteiger partial charge in [-0.25, -0.2) is 0 Å². The van der Waals surface area contributed by atoms with E-state index in [-0.39, 0.29) is 11.4 Å². The Bertz CT molecular complexity index is 722. The standard InChI is InChI=1S/C13H11N3OS2/c1-7-6-18-13-14-10-8-4-2-3-5-9(8)19-11(10)12(17)16(13)15-7/h2-5,13-14H,6H2,1H3. The maximum atomic E-state index is 12.5. The molecule has 1 unspecified atom stereocenters. The molecular formula is C13H11N3OS2. The van der Waals surface area contributed by atoms with Crippen molar-refractivity contribution in [2.24, 2.45) is 5.10 Å². The maximum absolute atomic E-state index is 12.5. The van der Waals surface area contributed by atoms with E-state index in [2.05, 4.69) is 16.5 Å².